The molecule has 1 aliphatic rings. The van der Waals surface area contributed by atoms with Crippen LogP contribution in [0, 0.1) is 0 Å². The maximum atomic E-state index is 12.0. The van der Waals surface area contributed by atoms with Crippen molar-refractivity contribution in [1.82, 2.24) is 9.03 Å². The van der Waals surface area contributed by atoms with Crippen LogP contribution in [-0.4, -0.2) is 50.6 Å². The number of hydrogen-bond donors (Lipinski definition) is 2. The van der Waals surface area contributed by atoms with Crippen molar-refractivity contribution in [2.24, 2.45) is 5.73 Å². The van der Waals surface area contributed by atoms with E-state index < -0.39 is 10.2 Å². The summed E-state index contributed by atoms with van der Waals surface area (Å²) in [4.78, 5) is 0.314. The molecule has 0 heterocycles. The fourth-order valence-corrected chi connectivity index (χ4v) is 2.81. The Balaban J connectivity index is 2.55. The molecule has 0 radical (unpaired) electrons. The van der Waals surface area contributed by atoms with Crippen molar-refractivity contribution >= 4 is 27.4 Å². The molecule has 1 saturated carbocycles. The Morgan fingerprint density at radius 1 is 1.53 bits per heavy atom. The number of ether oxygens (including phenoxy) is 1. The van der Waals surface area contributed by atoms with E-state index in [0.29, 0.717) is 31.1 Å². The van der Waals surface area contributed by atoms with Crippen LogP contribution < -0.4 is 10.5 Å². The van der Waals surface area contributed by atoms with E-state index in [2.05, 4.69) is 4.72 Å². The first kappa shape index (κ1) is 14.8. The molecule has 0 aliphatic heterocycles. The van der Waals surface area contributed by atoms with Gasteiger partial charge in [-0.05, 0) is 12.8 Å². The fourth-order valence-electron chi connectivity index (χ4n) is 1.27. The van der Waals surface area contributed by atoms with Crippen LogP contribution in [0.5, 0.6) is 0 Å². The van der Waals surface area contributed by atoms with E-state index in [1.54, 1.807) is 0 Å². The van der Waals surface area contributed by atoms with Gasteiger partial charge in [-0.2, -0.15) is 17.4 Å². The van der Waals surface area contributed by atoms with Gasteiger partial charge >= 0.3 is 0 Å². The summed E-state index contributed by atoms with van der Waals surface area (Å²) in [6.45, 7) is 0.949. The lowest BCUT2D eigenvalue weighted by Crippen LogP contribution is -2.44. The van der Waals surface area contributed by atoms with Gasteiger partial charge in [0.05, 0.1) is 11.6 Å². The van der Waals surface area contributed by atoms with Crippen LogP contribution in [-0.2, 0) is 14.9 Å². The molecule has 0 atom stereocenters. The van der Waals surface area contributed by atoms with Gasteiger partial charge in [-0.1, -0.05) is 12.2 Å². The van der Waals surface area contributed by atoms with E-state index in [-0.39, 0.29) is 6.04 Å². The Labute approximate surface area is 108 Å². The highest BCUT2D eigenvalue weighted by Gasteiger charge is 2.30. The molecule has 100 valence electrons. The van der Waals surface area contributed by atoms with Crippen LogP contribution in [0.3, 0.4) is 0 Å². The molecule has 1 fully saturated rings. The monoisotopic (exact) mass is 281 g/mol. The largest absolute Gasteiger partial charge is 0.393 e. The van der Waals surface area contributed by atoms with Crippen LogP contribution in [0.2, 0.25) is 0 Å². The average molecular weight is 281 g/mol. The number of hydrogen-bond acceptors (Lipinski definition) is 4. The molecular weight excluding hydrogens is 262 g/mol. The smallest absolute Gasteiger partial charge is 0.279 e. The van der Waals surface area contributed by atoms with Crippen LogP contribution in [0.1, 0.15) is 19.3 Å². The Hall–Kier alpha value is -0.280. The molecule has 0 bridgehead atoms. The van der Waals surface area contributed by atoms with Gasteiger partial charge in [0.2, 0.25) is 0 Å². The number of nitrogens with two attached hydrogens (primary N) is 1. The zero-order valence-electron chi connectivity index (χ0n) is 9.89. The zero-order chi connectivity index (χ0) is 12.9. The Morgan fingerprint density at radius 3 is 2.65 bits per heavy atom. The highest BCUT2D eigenvalue weighted by molar-refractivity contribution is 7.87. The van der Waals surface area contributed by atoms with Gasteiger partial charge in [-0.3, -0.25) is 0 Å². The second kappa shape index (κ2) is 6.60. The van der Waals surface area contributed by atoms with Gasteiger partial charge in [0.15, 0.2) is 0 Å². The van der Waals surface area contributed by atoms with E-state index in [1.165, 1.54) is 11.4 Å². The van der Waals surface area contributed by atoms with Crippen molar-refractivity contribution in [3.8, 4) is 0 Å². The highest BCUT2D eigenvalue weighted by Crippen LogP contribution is 2.20. The van der Waals surface area contributed by atoms with E-state index in [0.717, 1.165) is 12.8 Å². The normalized spacial score (nSPS) is 16.4. The molecule has 0 aromatic heterocycles. The molecule has 6 nitrogen and oxygen atoms in total. The lowest BCUT2D eigenvalue weighted by molar-refractivity contribution is 0.179. The Bertz CT molecular complexity index is 354. The van der Waals surface area contributed by atoms with Gasteiger partial charge in [0.1, 0.15) is 0 Å². The molecular formula is C9H19N3O3S2. The summed E-state index contributed by atoms with van der Waals surface area (Å²) in [6.07, 6.45) is 2.20. The zero-order valence-corrected chi connectivity index (χ0v) is 11.5. The van der Waals surface area contributed by atoms with Crippen molar-refractivity contribution in [2.45, 2.75) is 25.3 Å². The summed E-state index contributed by atoms with van der Waals surface area (Å²) >= 11 is 4.75. The van der Waals surface area contributed by atoms with Gasteiger partial charge in [0, 0.05) is 32.7 Å². The average Bonchev–Trinajstić information content (AvgIpc) is 3.00. The number of rotatable bonds is 9. The van der Waals surface area contributed by atoms with Crippen molar-refractivity contribution in [2.75, 3.05) is 26.8 Å². The van der Waals surface area contributed by atoms with Crippen molar-refractivity contribution < 1.29 is 13.2 Å². The second-order valence-electron chi connectivity index (χ2n) is 4.01. The van der Waals surface area contributed by atoms with Crippen LogP contribution >= 0.6 is 12.2 Å². The summed E-state index contributed by atoms with van der Waals surface area (Å²) in [7, 11) is -1.90. The molecule has 0 unspecified atom stereocenters. The maximum Gasteiger partial charge on any atom is 0.279 e. The summed E-state index contributed by atoms with van der Waals surface area (Å²) in [5.74, 6) is 0. The van der Waals surface area contributed by atoms with E-state index in [9.17, 15) is 8.42 Å². The molecule has 0 saturated heterocycles. The highest BCUT2D eigenvalue weighted by atomic mass is 32.2. The predicted octanol–water partition coefficient (Wildman–Crippen LogP) is -0.392. The van der Waals surface area contributed by atoms with Crippen molar-refractivity contribution in [1.29, 1.82) is 0 Å². The molecule has 0 aromatic carbocycles. The van der Waals surface area contributed by atoms with Crippen LogP contribution in [0.4, 0.5) is 0 Å². The van der Waals surface area contributed by atoms with E-state index >= 15 is 0 Å². The third kappa shape index (κ3) is 5.73. The maximum absolute atomic E-state index is 12.0. The number of thiocarbonyl (C=S) groups is 1. The predicted molar refractivity (Wildman–Crippen MR) is 69.9 cm³/mol. The first-order chi connectivity index (χ1) is 7.95. The lowest BCUT2D eigenvalue weighted by atomic mass is 10.4. The molecule has 0 aromatic rings. The molecule has 1 aliphatic carbocycles. The van der Waals surface area contributed by atoms with Gasteiger partial charge in [-0.15, -0.1) is 0 Å². The molecule has 0 spiro atoms. The summed E-state index contributed by atoms with van der Waals surface area (Å²) in [5, 5.41) is 0. The minimum atomic E-state index is -3.44. The standard InChI is InChI=1S/C9H19N3O3S2/c1-15-7-6-12(5-4-9(10)16)17(13,14)11-8-2-3-8/h8,11H,2-7H2,1H3,(H2,10,16). The van der Waals surface area contributed by atoms with E-state index in [4.69, 9.17) is 22.7 Å². The Morgan fingerprint density at radius 2 is 2.18 bits per heavy atom. The number of nitrogens with one attached hydrogen (secondary N) is 1. The second-order valence-corrected chi connectivity index (χ2v) is 6.23. The van der Waals surface area contributed by atoms with Crippen molar-refractivity contribution in [3.63, 3.8) is 0 Å². The van der Waals surface area contributed by atoms with Gasteiger partial charge in [-0.25, -0.2) is 0 Å². The first-order valence-electron chi connectivity index (χ1n) is 5.50. The SMILES string of the molecule is COCCN(CCC(N)=S)S(=O)(=O)NC1CC1. The molecule has 0 amide bonds. The number of methoxy groups -OCH3 is 1. The minimum Gasteiger partial charge on any atom is -0.393 e. The molecule has 8 heteroatoms. The first-order valence-corrected chi connectivity index (χ1v) is 7.35. The van der Waals surface area contributed by atoms with Gasteiger partial charge < -0.3 is 10.5 Å². The van der Waals surface area contributed by atoms with Crippen LogP contribution in [0.15, 0.2) is 0 Å². The summed E-state index contributed by atoms with van der Waals surface area (Å²) in [6, 6.07) is 0.0925. The topological polar surface area (TPSA) is 84.7 Å². The Kier molecular flexibility index (Phi) is 5.74. The molecule has 3 N–H and O–H groups in total. The van der Waals surface area contributed by atoms with Gasteiger partial charge in [0.25, 0.3) is 10.2 Å². The summed E-state index contributed by atoms with van der Waals surface area (Å²) in [5.41, 5.74) is 5.38. The molecule has 17 heavy (non-hydrogen) atoms. The molecule has 1 rings (SSSR count). The van der Waals surface area contributed by atoms with Crippen molar-refractivity contribution in [3.05, 3.63) is 0 Å². The van der Waals surface area contributed by atoms with Crippen LogP contribution in [0.25, 0.3) is 0 Å². The van der Waals surface area contributed by atoms with E-state index in [1.807, 2.05) is 0 Å². The number of nitrogens with zero attached hydrogens (tertiary/aromatic N) is 1. The minimum absolute atomic E-state index is 0.0925. The third-order valence-electron chi connectivity index (χ3n) is 2.39. The quantitative estimate of drug-likeness (QED) is 0.562. The third-order valence-corrected chi connectivity index (χ3v) is 4.27. The fraction of sp³-hybridized carbons (Fsp3) is 0.889. The summed E-state index contributed by atoms with van der Waals surface area (Å²) < 4.78 is 32.8. The lowest BCUT2D eigenvalue weighted by Gasteiger charge is -2.21.